The molecule has 5 nitrogen and oxygen atoms in total. The lowest BCUT2D eigenvalue weighted by molar-refractivity contribution is -0.128. The van der Waals surface area contributed by atoms with Gasteiger partial charge in [0.15, 0.2) is 5.82 Å². The minimum Gasteiger partial charge on any atom is -0.343 e. The van der Waals surface area contributed by atoms with Gasteiger partial charge in [0, 0.05) is 25.4 Å². The van der Waals surface area contributed by atoms with E-state index >= 15 is 0 Å². The van der Waals surface area contributed by atoms with Gasteiger partial charge in [0.2, 0.25) is 12.3 Å². The molecule has 0 N–H and O–H groups in total. The molecular weight excluding hydrogens is 254 g/mol. The number of hydrogen-bond acceptors (Lipinski definition) is 4. The number of hydrogen-bond donors (Lipinski definition) is 0. The average Bonchev–Trinajstić information content (AvgIpc) is 3.10. The molecule has 1 aromatic carbocycles. The van der Waals surface area contributed by atoms with Gasteiger partial charge >= 0.3 is 0 Å². The maximum Gasteiger partial charge on any atom is 0.223 e. The standard InChI is InChI=1S/C15H17N3O2/c1-2-11-3-5-12(6-4-11)8-18-9-13(7-14(18)19)15-16-10-20-17-15/h3-6,10,13H,2,7-9H2,1H3. The van der Waals surface area contributed by atoms with Crippen molar-refractivity contribution in [2.45, 2.75) is 32.2 Å². The molecule has 3 rings (SSSR count). The average molecular weight is 271 g/mol. The molecule has 0 aliphatic carbocycles. The van der Waals surface area contributed by atoms with Crippen LogP contribution in [0.3, 0.4) is 0 Å². The second kappa shape index (κ2) is 5.45. The topological polar surface area (TPSA) is 59.2 Å². The van der Waals surface area contributed by atoms with Crippen molar-refractivity contribution in [3.8, 4) is 0 Å². The van der Waals surface area contributed by atoms with Gasteiger partial charge in [-0.1, -0.05) is 36.3 Å². The molecule has 2 heterocycles. The molecule has 1 aliphatic rings. The SMILES string of the molecule is CCc1ccc(CN2CC(c3ncon3)CC2=O)cc1. The normalized spacial score (nSPS) is 18.8. The van der Waals surface area contributed by atoms with Crippen molar-refractivity contribution in [3.05, 3.63) is 47.6 Å². The lowest BCUT2D eigenvalue weighted by Gasteiger charge is -2.16. The maximum atomic E-state index is 12.0. The van der Waals surface area contributed by atoms with Crippen LogP contribution < -0.4 is 0 Å². The number of rotatable bonds is 4. The first-order valence-corrected chi connectivity index (χ1v) is 6.88. The number of nitrogens with zero attached hydrogens (tertiary/aromatic N) is 3. The van der Waals surface area contributed by atoms with Crippen molar-refractivity contribution in [1.29, 1.82) is 0 Å². The number of aryl methyl sites for hydroxylation is 1. The van der Waals surface area contributed by atoms with Crippen LogP contribution in [0.1, 0.15) is 36.2 Å². The minimum absolute atomic E-state index is 0.0520. The second-order valence-corrected chi connectivity index (χ2v) is 5.13. The molecule has 1 saturated heterocycles. The number of carbonyl (C=O) groups excluding carboxylic acids is 1. The number of amides is 1. The zero-order valence-electron chi connectivity index (χ0n) is 11.5. The third-order valence-corrected chi connectivity index (χ3v) is 3.76. The van der Waals surface area contributed by atoms with Gasteiger partial charge in [0.1, 0.15) is 0 Å². The molecule has 5 heteroatoms. The molecule has 1 aliphatic heterocycles. The molecule has 1 unspecified atom stereocenters. The van der Waals surface area contributed by atoms with E-state index in [0.717, 1.165) is 12.0 Å². The molecule has 0 bridgehead atoms. The Bertz CT molecular complexity index is 578. The van der Waals surface area contributed by atoms with Crippen molar-refractivity contribution in [2.24, 2.45) is 0 Å². The molecule has 0 radical (unpaired) electrons. The lowest BCUT2D eigenvalue weighted by atomic mass is 10.1. The number of carbonyl (C=O) groups is 1. The molecule has 1 aromatic heterocycles. The van der Waals surface area contributed by atoms with Gasteiger partial charge < -0.3 is 9.42 Å². The Kier molecular flexibility index (Phi) is 3.50. The zero-order chi connectivity index (χ0) is 13.9. The Balaban J connectivity index is 1.67. The van der Waals surface area contributed by atoms with Crippen molar-refractivity contribution in [3.63, 3.8) is 0 Å². The fraction of sp³-hybridized carbons (Fsp3) is 0.400. The molecule has 20 heavy (non-hydrogen) atoms. The zero-order valence-corrected chi connectivity index (χ0v) is 11.5. The van der Waals surface area contributed by atoms with Gasteiger partial charge in [-0.2, -0.15) is 4.98 Å². The van der Waals surface area contributed by atoms with Gasteiger partial charge in [-0.15, -0.1) is 0 Å². The summed E-state index contributed by atoms with van der Waals surface area (Å²) in [7, 11) is 0. The van der Waals surface area contributed by atoms with E-state index in [1.165, 1.54) is 12.0 Å². The van der Waals surface area contributed by atoms with Gasteiger partial charge in [0.05, 0.1) is 0 Å². The quantitative estimate of drug-likeness (QED) is 0.855. The first-order chi connectivity index (χ1) is 9.76. The molecule has 104 valence electrons. The molecule has 1 atom stereocenters. The summed E-state index contributed by atoms with van der Waals surface area (Å²) in [6.07, 6.45) is 2.81. The number of likely N-dealkylation sites (tertiary alicyclic amines) is 1. The summed E-state index contributed by atoms with van der Waals surface area (Å²) in [6.45, 7) is 3.44. The highest BCUT2D eigenvalue weighted by molar-refractivity contribution is 5.79. The van der Waals surface area contributed by atoms with Crippen LogP contribution in [0.4, 0.5) is 0 Å². The molecule has 0 saturated carbocycles. The van der Waals surface area contributed by atoms with E-state index < -0.39 is 0 Å². The Labute approximate surface area is 117 Å². The van der Waals surface area contributed by atoms with Crippen molar-refractivity contribution in [2.75, 3.05) is 6.54 Å². The molecule has 2 aromatic rings. The van der Waals surface area contributed by atoms with Crippen molar-refractivity contribution in [1.82, 2.24) is 15.0 Å². The van der Waals surface area contributed by atoms with Crippen LogP contribution in [-0.4, -0.2) is 27.5 Å². The predicted molar refractivity (Wildman–Crippen MR) is 72.9 cm³/mol. The first-order valence-electron chi connectivity index (χ1n) is 6.88. The predicted octanol–water partition coefficient (Wildman–Crippen LogP) is 2.15. The summed E-state index contributed by atoms with van der Waals surface area (Å²) in [5.74, 6) is 0.831. The van der Waals surface area contributed by atoms with Crippen LogP contribution >= 0.6 is 0 Å². The highest BCUT2D eigenvalue weighted by Crippen LogP contribution is 2.26. The fourth-order valence-corrected chi connectivity index (χ4v) is 2.56. The van der Waals surface area contributed by atoms with Gasteiger partial charge in [0.25, 0.3) is 0 Å². The Morgan fingerprint density at radius 3 is 2.70 bits per heavy atom. The number of aromatic nitrogens is 2. The summed E-state index contributed by atoms with van der Waals surface area (Å²) in [5.41, 5.74) is 2.47. The first kappa shape index (κ1) is 12.8. The monoisotopic (exact) mass is 271 g/mol. The van der Waals surface area contributed by atoms with E-state index in [2.05, 4.69) is 41.3 Å². The Morgan fingerprint density at radius 2 is 2.05 bits per heavy atom. The summed E-state index contributed by atoms with van der Waals surface area (Å²) < 4.78 is 4.75. The summed E-state index contributed by atoms with van der Waals surface area (Å²) in [6, 6.07) is 8.42. The highest BCUT2D eigenvalue weighted by atomic mass is 16.5. The summed E-state index contributed by atoms with van der Waals surface area (Å²) in [4.78, 5) is 18.0. The van der Waals surface area contributed by atoms with E-state index in [-0.39, 0.29) is 11.8 Å². The minimum atomic E-state index is 0.0520. The van der Waals surface area contributed by atoms with Crippen molar-refractivity contribution < 1.29 is 9.32 Å². The van der Waals surface area contributed by atoms with E-state index in [1.54, 1.807) is 0 Å². The third-order valence-electron chi connectivity index (χ3n) is 3.76. The Hall–Kier alpha value is -2.17. The van der Waals surface area contributed by atoms with Crippen molar-refractivity contribution >= 4 is 5.91 Å². The maximum absolute atomic E-state index is 12.0. The molecule has 1 fully saturated rings. The van der Waals surface area contributed by atoms with Crippen LogP contribution in [0.2, 0.25) is 0 Å². The second-order valence-electron chi connectivity index (χ2n) is 5.13. The summed E-state index contributed by atoms with van der Waals surface area (Å²) >= 11 is 0. The molecular formula is C15H17N3O2. The van der Waals surface area contributed by atoms with Crippen LogP contribution in [0.5, 0.6) is 0 Å². The van der Waals surface area contributed by atoms with E-state index in [0.29, 0.717) is 25.3 Å². The summed E-state index contributed by atoms with van der Waals surface area (Å²) in [5, 5.41) is 3.83. The Morgan fingerprint density at radius 1 is 1.30 bits per heavy atom. The van der Waals surface area contributed by atoms with Gasteiger partial charge in [-0.25, -0.2) is 0 Å². The number of benzene rings is 1. The van der Waals surface area contributed by atoms with Crippen LogP contribution in [0.15, 0.2) is 35.2 Å². The highest BCUT2D eigenvalue weighted by Gasteiger charge is 2.32. The van der Waals surface area contributed by atoms with E-state index in [9.17, 15) is 4.79 Å². The van der Waals surface area contributed by atoms with Gasteiger partial charge in [-0.3, -0.25) is 4.79 Å². The van der Waals surface area contributed by atoms with Crippen LogP contribution in [0, 0.1) is 0 Å². The van der Waals surface area contributed by atoms with E-state index in [1.807, 2.05) is 4.90 Å². The van der Waals surface area contributed by atoms with Crippen LogP contribution in [-0.2, 0) is 17.8 Å². The van der Waals surface area contributed by atoms with Gasteiger partial charge in [-0.05, 0) is 17.5 Å². The third kappa shape index (κ3) is 2.57. The molecule has 0 spiro atoms. The fourth-order valence-electron chi connectivity index (χ4n) is 2.56. The van der Waals surface area contributed by atoms with Crippen LogP contribution in [0.25, 0.3) is 0 Å². The molecule has 1 amide bonds. The lowest BCUT2D eigenvalue weighted by Crippen LogP contribution is -2.24. The largest absolute Gasteiger partial charge is 0.343 e. The smallest absolute Gasteiger partial charge is 0.223 e. The van der Waals surface area contributed by atoms with E-state index in [4.69, 9.17) is 4.52 Å².